The normalized spacial score (nSPS) is 11.7. The predicted molar refractivity (Wildman–Crippen MR) is 150 cm³/mol. The SMILES string of the molecule is COCc1cc(C)ccc1-c1coc2c(C(C)(C)C)cc(-c3cccnc3OCc3ccccc3)cc12. The van der Waals surface area contributed by atoms with Crippen molar-refractivity contribution >= 4 is 11.0 Å². The molecule has 37 heavy (non-hydrogen) atoms. The van der Waals surface area contributed by atoms with Crippen LogP contribution in [-0.4, -0.2) is 12.1 Å². The lowest BCUT2D eigenvalue weighted by atomic mass is 9.83. The third-order valence-electron chi connectivity index (χ3n) is 6.63. The zero-order valence-electron chi connectivity index (χ0n) is 22.2. The van der Waals surface area contributed by atoms with Crippen LogP contribution in [0.3, 0.4) is 0 Å². The van der Waals surface area contributed by atoms with Gasteiger partial charge in [-0.15, -0.1) is 0 Å². The van der Waals surface area contributed by atoms with Gasteiger partial charge in [-0.05, 0) is 58.9 Å². The molecule has 0 radical (unpaired) electrons. The van der Waals surface area contributed by atoms with Crippen LogP contribution in [0.15, 0.2) is 89.7 Å². The van der Waals surface area contributed by atoms with Gasteiger partial charge >= 0.3 is 0 Å². The van der Waals surface area contributed by atoms with E-state index >= 15 is 0 Å². The van der Waals surface area contributed by atoms with Crippen LogP contribution in [0.4, 0.5) is 0 Å². The van der Waals surface area contributed by atoms with Crippen molar-refractivity contribution in [3.8, 4) is 28.1 Å². The Hall–Kier alpha value is -3.89. The monoisotopic (exact) mass is 491 g/mol. The fraction of sp³-hybridized carbons (Fsp3) is 0.242. The van der Waals surface area contributed by atoms with Crippen molar-refractivity contribution in [2.24, 2.45) is 0 Å². The number of pyridine rings is 1. The first kappa shape index (κ1) is 24.8. The van der Waals surface area contributed by atoms with Crippen LogP contribution >= 0.6 is 0 Å². The zero-order valence-corrected chi connectivity index (χ0v) is 22.2. The van der Waals surface area contributed by atoms with Gasteiger partial charge in [0.1, 0.15) is 12.2 Å². The van der Waals surface area contributed by atoms with E-state index in [1.54, 1.807) is 13.3 Å². The van der Waals surface area contributed by atoms with Crippen LogP contribution in [-0.2, 0) is 23.4 Å². The second kappa shape index (κ2) is 10.2. The lowest BCUT2D eigenvalue weighted by Gasteiger charge is -2.21. The molecule has 0 aliphatic heterocycles. The molecule has 0 atom stereocenters. The molecule has 2 aromatic heterocycles. The number of fused-ring (bicyclic) bond motifs is 1. The lowest BCUT2D eigenvalue weighted by molar-refractivity contribution is 0.185. The Bertz CT molecular complexity index is 1530. The number of ether oxygens (including phenoxy) is 2. The Morgan fingerprint density at radius 2 is 1.65 bits per heavy atom. The van der Waals surface area contributed by atoms with E-state index in [1.807, 2.05) is 30.5 Å². The molecule has 0 fully saturated rings. The van der Waals surface area contributed by atoms with Crippen molar-refractivity contribution in [1.29, 1.82) is 0 Å². The van der Waals surface area contributed by atoms with Crippen LogP contribution in [0.25, 0.3) is 33.2 Å². The summed E-state index contributed by atoms with van der Waals surface area (Å²) in [5.41, 5.74) is 9.56. The molecule has 0 N–H and O–H groups in total. The Balaban J connectivity index is 1.67. The van der Waals surface area contributed by atoms with Gasteiger partial charge in [0.05, 0.1) is 12.9 Å². The first-order chi connectivity index (χ1) is 17.8. The zero-order chi connectivity index (χ0) is 26.0. The molecule has 0 bridgehead atoms. The second-order valence-electron chi connectivity index (χ2n) is 10.5. The highest BCUT2D eigenvalue weighted by Gasteiger charge is 2.24. The maximum atomic E-state index is 6.26. The molecule has 188 valence electrons. The average Bonchev–Trinajstić information content (AvgIpc) is 3.31. The number of hydrogen-bond donors (Lipinski definition) is 0. The van der Waals surface area contributed by atoms with Crippen LogP contribution in [0.1, 0.15) is 43.0 Å². The van der Waals surface area contributed by atoms with Crippen molar-refractivity contribution in [3.63, 3.8) is 0 Å². The molecule has 0 saturated carbocycles. The molecule has 0 aliphatic rings. The topological polar surface area (TPSA) is 44.5 Å². The largest absolute Gasteiger partial charge is 0.472 e. The summed E-state index contributed by atoms with van der Waals surface area (Å²) < 4.78 is 18.0. The van der Waals surface area contributed by atoms with Gasteiger partial charge in [-0.3, -0.25) is 0 Å². The van der Waals surface area contributed by atoms with Crippen LogP contribution in [0.5, 0.6) is 5.88 Å². The van der Waals surface area contributed by atoms with Crippen molar-refractivity contribution in [2.45, 2.75) is 46.3 Å². The number of benzene rings is 3. The van der Waals surface area contributed by atoms with Gasteiger partial charge in [-0.25, -0.2) is 4.98 Å². The van der Waals surface area contributed by atoms with Crippen molar-refractivity contribution < 1.29 is 13.9 Å². The van der Waals surface area contributed by atoms with Crippen molar-refractivity contribution in [3.05, 3.63) is 108 Å². The summed E-state index contributed by atoms with van der Waals surface area (Å²) in [7, 11) is 1.73. The Morgan fingerprint density at radius 3 is 2.41 bits per heavy atom. The number of furan rings is 1. The van der Waals surface area contributed by atoms with Gasteiger partial charge in [0.15, 0.2) is 0 Å². The van der Waals surface area contributed by atoms with Gasteiger partial charge in [0.2, 0.25) is 5.88 Å². The highest BCUT2D eigenvalue weighted by Crippen LogP contribution is 2.42. The Kier molecular flexibility index (Phi) is 6.86. The lowest BCUT2D eigenvalue weighted by Crippen LogP contribution is -2.11. The number of nitrogens with zero attached hydrogens (tertiary/aromatic N) is 1. The van der Waals surface area contributed by atoms with Gasteiger partial charge in [0, 0.05) is 35.4 Å². The molecule has 0 amide bonds. The highest BCUT2D eigenvalue weighted by molar-refractivity contribution is 5.99. The number of rotatable bonds is 7. The summed E-state index contributed by atoms with van der Waals surface area (Å²) in [5.74, 6) is 0.617. The van der Waals surface area contributed by atoms with E-state index in [9.17, 15) is 0 Å². The van der Waals surface area contributed by atoms with Crippen molar-refractivity contribution in [1.82, 2.24) is 4.98 Å². The van der Waals surface area contributed by atoms with Gasteiger partial charge in [-0.2, -0.15) is 0 Å². The van der Waals surface area contributed by atoms with E-state index < -0.39 is 0 Å². The summed E-state index contributed by atoms with van der Waals surface area (Å²) in [4.78, 5) is 4.60. The van der Waals surface area contributed by atoms with Crippen LogP contribution in [0, 0.1) is 6.92 Å². The van der Waals surface area contributed by atoms with Crippen LogP contribution < -0.4 is 4.74 Å². The molecule has 4 nitrogen and oxygen atoms in total. The number of aryl methyl sites for hydroxylation is 1. The summed E-state index contributed by atoms with van der Waals surface area (Å²) >= 11 is 0. The molecule has 0 unspecified atom stereocenters. The molecule has 0 saturated heterocycles. The van der Waals surface area contributed by atoms with E-state index in [0.29, 0.717) is 19.1 Å². The smallest absolute Gasteiger partial charge is 0.221 e. The molecule has 5 rings (SSSR count). The van der Waals surface area contributed by atoms with E-state index in [-0.39, 0.29) is 5.41 Å². The van der Waals surface area contributed by atoms with Gasteiger partial charge in [-0.1, -0.05) is 74.9 Å². The molecular weight excluding hydrogens is 458 g/mol. The molecule has 5 aromatic rings. The summed E-state index contributed by atoms with van der Waals surface area (Å²) in [6.07, 6.45) is 3.66. The Morgan fingerprint density at radius 1 is 0.838 bits per heavy atom. The number of hydrogen-bond acceptors (Lipinski definition) is 4. The fourth-order valence-electron chi connectivity index (χ4n) is 4.77. The minimum Gasteiger partial charge on any atom is -0.472 e. The standard InChI is InChI=1S/C33H33NO3/c1-22-13-14-26(25(16-22)20-35-5)29-21-36-31-28(29)17-24(18-30(31)33(2,3)4)27-12-9-15-34-32(27)37-19-23-10-7-6-8-11-23/h6-18,21H,19-20H2,1-5H3. The quantitative estimate of drug-likeness (QED) is 0.229. The maximum Gasteiger partial charge on any atom is 0.221 e. The molecule has 0 spiro atoms. The predicted octanol–water partition coefficient (Wildman–Crippen LogP) is 8.49. The van der Waals surface area contributed by atoms with Crippen LogP contribution in [0.2, 0.25) is 0 Å². The molecule has 2 heterocycles. The summed E-state index contributed by atoms with van der Waals surface area (Å²) in [6.45, 7) is 9.74. The Labute approximate surface area is 218 Å². The minimum atomic E-state index is -0.126. The summed E-state index contributed by atoms with van der Waals surface area (Å²) in [5, 5.41) is 1.07. The van der Waals surface area contributed by atoms with Crippen molar-refractivity contribution in [2.75, 3.05) is 7.11 Å². The van der Waals surface area contributed by atoms with E-state index in [4.69, 9.17) is 13.9 Å². The van der Waals surface area contributed by atoms with E-state index in [1.165, 1.54) is 5.56 Å². The fourth-order valence-corrected chi connectivity index (χ4v) is 4.77. The first-order valence-corrected chi connectivity index (χ1v) is 12.6. The minimum absolute atomic E-state index is 0.126. The van der Waals surface area contributed by atoms with E-state index in [2.05, 4.69) is 81.2 Å². The number of aromatic nitrogens is 1. The first-order valence-electron chi connectivity index (χ1n) is 12.6. The van der Waals surface area contributed by atoms with E-state index in [0.717, 1.165) is 49.9 Å². The van der Waals surface area contributed by atoms with Gasteiger partial charge in [0.25, 0.3) is 0 Å². The highest BCUT2D eigenvalue weighted by atomic mass is 16.5. The molecular formula is C33H33NO3. The molecule has 4 heteroatoms. The number of methoxy groups -OCH3 is 1. The molecule has 3 aromatic carbocycles. The third-order valence-corrected chi connectivity index (χ3v) is 6.63. The molecule has 0 aliphatic carbocycles. The van der Waals surface area contributed by atoms with Gasteiger partial charge < -0.3 is 13.9 Å². The third kappa shape index (κ3) is 5.16. The maximum absolute atomic E-state index is 6.26. The second-order valence-corrected chi connectivity index (χ2v) is 10.5. The average molecular weight is 492 g/mol. The summed E-state index contributed by atoms with van der Waals surface area (Å²) in [6, 6.07) is 25.1.